The van der Waals surface area contributed by atoms with Gasteiger partial charge in [-0.15, -0.1) is 11.3 Å². The van der Waals surface area contributed by atoms with Crippen molar-refractivity contribution in [3.63, 3.8) is 0 Å². The Morgan fingerprint density at radius 1 is 1.13 bits per heavy atom. The largest absolute Gasteiger partial charge is 0.497 e. The van der Waals surface area contributed by atoms with E-state index < -0.39 is 0 Å². The van der Waals surface area contributed by atoms with Gasteiger partial charge in [0.2, 0.25) is 5.91 Å². The molecular weight excluding hydrogens is 450 g/mol. The fourth-order valence-electron chi connectivity index (χ4n) is 2.84. The third-order valence-corrected chi connectivity index (χ3v) is 7.40. The maximum atomic E-state index is 12.4. The fraction of sp³-hybridized carbons (Fsp3) is 0.182. The first-order valence-electron chi connectivity index (χ1n) is 9.41. The van der Waals surface area contributed by atoms with Gasteiger partial charge in [0.15, 0.2) is 15.3 Å². The first-order valence-corrected chi connectivity index (χ1v) is 12.1. The minimum Gasteiger partial charge on any atom is -0.497 e. The van der Waals surface area contributed by atoms with Crippen molar-refractivity contribution in [1.29, 1.82) is 0 Å². The Morgan fingerprint density at radius 3 is 2.71 bits per heavy atom. The molecule has 2 heterocycles. The summed E-state index contributed by atoms with van der Waals surface area (Å²) >= 11 is 4.26. The lowest BCUT2D eigenvalue weighted by Gasteiger charge is -2.02. The van der Waals surface area contributed by atoms with Gasteiger partial charge in [0, 0.05) is 10.9 Å². The van der Waals surface area contributed by atoms with Gasteiger partial charge in [0.25, 0.3) is 0 Å². The van der Waals surface area contributed by atoms with Crippen LogP contribution in [0.15, 0.2) is 52.2 Å². The SMILES string of the molecule is COc1ccc(C(=O)CSc2nc(CC(=O)Nc3nc4ccc(C)cc4s3)cs2)cc1. The van der Waals surface area contributed by atoms with Crippen molar-refractivity contribution in [1.82, 2.24) is 9.97 Å². The molecule has 1 amide bonds. The zero-order valence-corrected chi connectivity index (χ0v) is 19.3. The number of anilines is 1. The van der Waals surface area contributed by atoms with Gasteiger partial charge in [-0.1, -0.05) is 29.2 Å². The highest BCUT2D eigenvalue weighted by Gasteiger charge is 2.13. The molecule has 0 bridgehead atoms. The lowest BCUT2D eigenvalue weighted by atomic mass is 10.1. The molecule has 6 nitrogen and oxygen atoms in total. The molecule has 2 aromatic carbocycles. The second-order valence-electron chi connectivity index (χ2n) is 6.76. The number of ether oxygens (including phenoxy) is 1. The Bertz CT molecular complexity index is 1230. The molecule has 9 heteroatoms. The molecule has 4 aromatic rings. The molecule has 31 heavy (non-hydrogen) atoms. The number of carbonyl (C=O) groups is 2. The summed E-state index contributed by atoms with van der Waals surface area (Å²) in [6.07, 6.45) is 0.165. The van der Waals surface area contributed by atoms with Crippen LogP contribution in [0.2, 0.25) is 0 Å². The summed E-state index contributed by atoms with van der Waals surface area (Å²) in [7, 11) is 1.59. The second kappa shape index (κ2) is 9.59. The number of nitrogens with one attached hydrogen (secondary N) is 1. The van der Waals surface area contributed by atoms with Crippen molar-refractivity contribution in [2.45, 2.75) is 17.7 Å². The summed E-state index contributed by atoms with van der Waals surface area (Å²) in [6, 6.07) is 13.1. The highest BCUT2D eigenvalue weighted by Crippen LogP contribution is 2.27. The van der Waals surface area contributed by atoms with E-state index in [4.69, 9.17) is 4.74 Å². The fourth-order valence-corrected chi connectivity index (χ4v) is 5.56. The first kappa shape index (κ1) is 21.5. The van der Waals surface area contributed by atoms with Gasteiger partial charge in [0.05, 0.1) is 35.2 Å². The monoisotopic (exact) mass is 469 g/mol. The van der Waals surface area contributed by atoms with E-state index in [1.54, 1.807) is 31.4 Å². The third kappa shape index (κ3) is 5.49. The highest BCUT2D eigenvalue weighted by atomic mass is 32.2. The number of amides is 1. The number of hydrogen-bond acceptors (Lipinski definition) is 8. The van der Waals surface area contributed by atoms with Crippen molar-refractivity contribution in [3.8, 4) is 5.75 Å². The van der Waals surface area contributed by atoms with Crippen LogP contribution in [0.5, 0.6) is 5.75 Å². The highest BCUT2D eigenvalue weighted by molar-refractivity contribution is 8.01. The van der Waals surface area contributed by atoms with Gasteiger partial charge < -0.3 is 10.1 Å². The van der Waals surface area contributed by atoms with Crippen LogP contribution in [0.1, 0.15) is 21.6 Å². The number of nitrogens with zero attached hydrogens (tertiary/aromatic N) is 2. The van der Waals surface area contributed by atoms with E-state index in [1.807, 2.05) is 24.4 Å². The Kier molecular flexibility index (Phi) is 6.64. The number of aromatic nitrogens is 2. The van der Waals surface area contributed by atoms with Gasteiger partial charge in [0.1, 0.15) is 5.75 Å². The average molecular weight is 470 g/mol. The molecule has 0 fully saturated rings. The zero-order valence-electron chi connectivity index (χ0n) is 16.9. The summed E-state index contributed by atoms with van der Waals surface area (Å²) in [6.45, 7) is 2.03. The first-order chi connectivity index (χ1) is 15.0. The minimum atomic E-state index is -0.160. The van der Waals surface area contributed by atoms with Gasteiger partial charge in [-0.05, 0) is 48.9 Å². The van der Waals surface area contributed by atoms with E-state index in [9.17, 15) is 9.59 Å². The molecule has 0 saturated heterocycles. The van der Waals surface area contributed by atoms with Crippen LogP contribution < -0.4 is 10.1 Å². The molecule has 1 N–H and O–H groups in total. The molecule has 2 aromatic heterocycles. The van der Waals surface area contributed by atoms with E-state index in [1.165, 1.54) is 34.4 Å². The summed E-state index contributed by atoms with van der Waals surface area (Å²) in [4.78, 5) is 33.7. The normalized spacial score (nSPS) is 10.9. The van der Waals surface area contributed by atoms with Crippen molar-refractivity contribution >= 4 is 61.5 Å². The summed E-state index contributed by atoms with van der Waals surface area (Å²) in [5.74, 6) is 0.865. The molecule has 158 valence electrons. The Morgan fingerprint density at radius 2 is 1.94 bits per heavy atom. The van der Waals surface area contributed by atoms with Crippen LogP contribution in [0.4, 0.5) is 5.13 Å². The van der Waals surface area contributed by atoms with Gasteiger partial charge in [-0.2, -0.15) is 0 Å². The summed E-state index contributed by atoms with van der Waals surface area (Å²) < 4.78 is 6.92. The minimum absolute atomic E-state index is 0.0215. The molecule has 0 spiro atoms. The topological polar surface area (TPSA) is 81.2 Å². The van der Waals surface area contributed by atoms with Gasteiger partial charge in [-0.25, -0.2) is 9.97 Å². The molecule has 0 saturated carbocycles. The molecule has 0 aliphatic heterocycles. The van der Waals surface area contributed by atoms with E-state index in [0.29, 0.717) is 22.1 Å². The standard InChI is InChI=1S/C22H19N3O3S3/c1-13-3-8-17-19(9-13)31-21(24-17)25-20(27)10-15-11-29-22(23-15)30-12-18(26)14-4-6-16(28-2)7-5-14/h3-9,11H,10,12H2,1-2H3,(H,24,25,27). The number of Topliss-reactive ketones (excluding diaryl/α,β-unsaturated/α-hetero) is 1. The number of ketones is 1. The van der Waals surface area contributed by atoms with E-state index >= 15 is 0 Å². The maximum Gasteiger partial charge on any atom is 0.232 e. The number of fused-ring (bicyclic) bond motifs is 1. The quantitative estimate of drug-likeness (QED) is 0.281. The molecule has 0 aliphatic carbocycles. The molecular formula is C22H19N3O3S3. The summed E-state index contributed by atoms with van der Waals surface area (Å²) in [5.41, 5.74) is 3.35. The van der Waals surface area contributed by atoms with Crippen LogP contribution in [0.3, 0.4) is 0 Å². The van der Waals surface area contributed by atoms with Crippen molar-refractivity contribution in [2.75, 3.05) is 18.2 Å². The number of rotatable bonds is 8. The number of aryl methyl sites for hydroxylation is 1. The lowest BCUT2D eigenvalue weighted by molar-refractivity contribution is -0.115. The van der Waals surface area contributed by atoms with Crippen LogP contribution in [0, 0.1) is 6.92 Å². The van der Waals surface area contributed by atoms with E-state index in [2.05, 4.69) is 21.4 Å². The Labute approximate surface area is 191 Å². The second-order valence-corrected chi connectivity index (χ2v) is 9.87. The van der Waals surface area contributed by atoms with Crippen LogP contribution in [0.25, 0.3) is 10.2 Å². The van der Waals surface area contributed by atoms with E-state index in [0.717, 1.165) is 20.1 Å². The molecule has 0 aliphatic rings. The number of thioether (sulfide) groups is 1. The molecule has 0 radical (unpaired) electrons. The van der Waals surface area contributed by atoms with Gasteiger partial charge in [-0.3, -0.25) is 9.59 Å². The van der Waals surface area contributed by atoms with E-state index in [-0.39, 0.29) is 23.9 Å². The maximum absolute atomic E-state index is 12.4. The lowest BCUT2D eigenvalue weighted by Crippen LogP contribution is -2.14. The smallest absolute Gasteiger partial charge is 0.232 e. The summed E-state index contributed by atoms with van der Waals surface area (Å²) in [5, 5.41) is 5.28. The van der Waals surface area contributed by atoms with Gasteiger partial charge >= 0.3 is 0 Å². The number of benzene rings is 2. The molecule has 0 atom stereocenters. The molecule has 0 unspecified atom stereocenters. The Balaban J connectivity index is 1.30. The Hall–Kier alpha value is -2.75. The van der Waals surface area contributed by atoms with Crippen molar-refractivity contribution in [2.24, 2.45) is 0 Å². The number of carbonyl (C=O) groups excluding carboxylic acids is 2. The van der Waals surface area contributed by atoms with Crippen LogP contribution in [-0.2, 0) is 11.2 Å². The van der Waals surface area contributed by atoms with Crippen molar-refractivity contribution < 1.29 is 14.3 Å². The predicted molar refractivity (Wildman–Crippen MR) is 127 cm³/mol. The number of methoxy groups -OCH3 is 1. The number of thiazole rings is 2. The van der Waals surface area contributed by atoms with Crippen molar-refractivity contribution in [3.05, 3.63) is 64.7 Å². The zero-order chi connectivity index (χ0) is 21.8. The van der Waals surface area contributed by atoms with Crippen LogP contribution >= 0.6 is 34.4 Å². The third-order valence-electron chi connectivity index (χ3n) is 4.40. The van der Waals surface area contributed by atoms with Crippen LogP contribution in [-0.4, -0.2) is 34.5 Å². The number of hydrogen-bond donors (Lipinski definition) is 1. The average Bonchev–Trinajstić information content (AvgIpc) is 3.37. The predicted octanol–water partition coefficient (Wildman–Crippen LogP) is 5.23. The molecule has 4 rings (SSSR count).